The molecule has 0 radical (unpaired) electrons. The van der Waals surface area contributed by atoms with Crippen LogP contribution in [0.1, 0.15) is 38.2 Å². The number of aromatic nitrogens is 2. The second-order valence-corrected chi connectivity index (χ2v) is 8.28. The van der Waals surface area contributed by atoms with Crippen LogP contribution in [0.25, 0.3) is 11.4 Å². The van der Waals surface area contributed by atoms with Crippen LogP contribution in [0.4, 0.5) is 0 Å². The van der Waals surface area contributed by atoms with Crippen LogP contribution in [0.5, 0.6) is 0 Å². The van der Waals surface area contributed by atoms with Crippen molar-refractivity contribution in [3.05, 3.63) is 41.7 Å². The van der Waals surface area contributed by atoms with Gasteiger partial charge in [-0.15, -0.1) is 0 Å². The second-order valence-electron chi connectivity index (χ2n) is 8.28. The van der Waals surface area contributed by atoms with Crippen molar-refractivity contribution in [1.82, 2.24) is 19.4 Å². The number of rotatable bonds is 4. The maximum Gasteiger partial charge on any atom is 0.140 e. The molecule has 0 aliphatic carbocycles. The van der Waals surface area contributed by atoms with E-state index in [0.717, 1.165) is 43.3 Å². The molecule has 1 fully saturated rings. The van der Waals surface area contributed by atoms with Crippen LogP contribution in [-0.4, -0.2) is 57.6 Å². The van der Waals surface area contributed by atoms with Crippen LogP contribution >= 0.6 is 0 Å². The predicted molar refractivity (Wildman–Crippen MR) is 108 cm³/mol. The lowest BCUT2D eigenvalue weighted by molar-refractivity contribution is 0.0418. The lowest BCUT2D eigenvalue weighted by atomic mass is 10.0. The van der Waals surface area contributed by atoms with E-state index in [1.165, 1.54) is 5.69 Å². The first-order chi connectivity index (χ1) is 12.3. The number of piperazine rings is 1. The maximum atomic E-state index is 6.25. The molecule has 1 aromatic heterocycles. The zero-order valence-electron chi connectivity index (χ0n) is 16.9. The summed E-state index contributed by atoms with van der Waals surface area (Å²) in [6.07, 6.45) is 0. The molecular formula is C21H33N5. The van der Waals surface area contributed by atoms with Gasteiger partial charge in [-0.05, 0) is 27.7 Å². The Bertz CT molecular complexity index is 721. The highest BCUT2D eigenvalue weighted by Crippen LogP contribution is 2.29. The van der Waals surface area contributed by atoms with Crippen LogP contribution in [-0.2, 0) is 7.05 Å². The molecule has 142 valence electrons. The summed E-state index contributed by atoms with van der Waals surface area (Å²) >= 11 is 0. The number of aryl methyl sites for hydroxylation is 1. The minimum absolute atomic E-state index is 0.215. The minimum atomic E-state index is 0.215. The van der Waals surface area contributed by atoms with Crippen molar-refractivity contribution in [1.29, 1.82) is 0 Å². The molecule has 1 aliphatic heterocycles. The first kappa shape index (κ1) is 19.1. The largest absolute Gasteiger partial charge is 0.329 e. The Balaban J connectivity index is 1.85. The third-order valence-electron chi connectivity index (χ3n) is 5.60. The first-order valence-corrected chi connectivity index (χ1v) is 9.60. The van der Waals surface area contributed by atoms with E-state index >= 15 is 0 Å². The molecule has 2 heterocycles. The van der Waals surface area contributed by atoms with Gasteiger partial charge in [-0.3, -0.25) is 9.80 Å². The number of benzene rings is 1. The van der Waals surface area contributed by atoms with Gasteiger partial charge in [0, 0.05) is 50.9 Å². The topological polar surface area (TPSA) is 50.3 Å². The summed E-state index contributed by atoms with van der Waals surface area (Å²) in [6.45, 7) is 13.9. The zero-order valence-corrected chi connectivity index (χ0v) is 16.9. The highest BCUT2D eigenvalue weighted by Gasteiger charge is 2.31. The summed E-state index contributed by atoms with van der Waals surface area (Å²) in [6, 6.07) is 10.6. The van der Waals surface area contributed by atoms with E-state index in [1.54, 1.807) is 0 Å². The van der Waals surface area contributed by atoms with Crippen molar-refractivity contribution in [2.75, 3.05) is 32.7 Å². The van der Waals surface area contributed by atoms with Crippen molar-refractivity contribution in [3.8, 4) is 11.4 Å². The lowest BCUT2D eigenvalue weighted by Crippen LogP contribution is -2.54. The standard InChI is InChI=1S/C21H33N5/c1-16-19(24(5)20(23-16)17-9-7-6-8-10-17)18(15-22)25-11-13-26(14-12-25)21(2,3)4/h6-10,18H,11-15,22H2,1-5H3. The average Bonchev–Trinajstić information content (AvgIpc) is 2.91. The molecule has 0 spiro atoms. The van der Waals surface area contributed by atoms with Gasteiger partial charge in [-0.25, -0.2) is 4.98 Å². The molecule has 2 N–H and O–H groups in total. The van der Waals surface area contributed by atoms with E-state index in [-0.39, 0.29) is 11.6 Å². The SMILES string of the molecule is Cc1nc(-c2ccccc2)n(C)c1C(CN)N1CCN(C(C)(C)C)CC1. The van der Waals surface area contributed by atoms with Gasteiger partial charge in [-0.1, -0.05) is 30.3 Å². The number of hydrogen-bond donors (Lipinski definition) is 1. The normalized spacial score (nSPS) is 18.2. The third-order valence-corrected chi connectivity index (χ3v) is 5.60. The summed E-state index contributed by atoms with van der Waals surface area (Å²) in [7, 11) is 2.12. The molecule has 0 saturated carbocycles. The number of imidazole rings is 1. The lowest BCUT2D eigenvalue weighted by Gasteiger charge is -2.44. The fourth-order valence-electron chi connectivity index (χ4n) is 4.10. The number of hydrogen-bond acceptors (Lipinski definition) is 4. The van der Waals surface area contributed by atoms with Gasteiger partial charge in [0.2, 0.25) is 0 Å². The Morgan fingerprint density at radius 2 is 1.69 bits per heavy atom. The molecule has 5 nitrogen and oxygen atoms in total. The van der Waals surface area contributed by atoms with Crippen molar-refractivity contribution >= 4 is 0 Å². The first-order valence-electron chi connectivity index (χ1n) is 9.60. The number of nitrogens with two attached hydrogens (primary N) is 1. The van der Waals surface area contributed by atoms with Crippen molar-refractivity contribution < 1.29 is 0 Å². The zero-order chi connectivity index (χ0) is 18.9. The molecule has 3 rings (SSSR count). The molecule has 5 heteroatoms. The molecule has 1 atom stereocenters. The Morgan fingerprint density at radius 1 is 1.08 bits per heavy atom. The van der Waals surface area contributed by atoms with Gasteiger partial charge >= 0.3 is 0 Å². The van der Waals surface area contributed by atoms with Crippen LogP contribution in [0.3, 0.4) is 0 Å². The average molecular weight is 356 g/mol. The van der Waals surface area contributed by atoms with Crippen molar-refractivity contribution in [3.63, 3.8) is 0 Å². The molecule has 1 saturated heterocycles. The molecule has 26 heavy (non-hydrogen) atoms. The molecule has 0 bridgehead atoms. The van der Waals surface area contributed by atoms with Crippen molar-refractivity contribution in [2.45, 2.75) is 39.3 Å². The molecule has 2 aromatic rings. The Kier molecular flexibility index (Phi) is 5.51. The van der Waals surface area contributed by atoms with Crippen molar-refractivity contribution in [2.24, 2.45) is 12.8 Å². The van der Waals surface area contributed by atoms with Gasteiger partial charge in [0.05, 0.1) is 17.4 Å². The van der Waals surface area contributed by atoms with Gasteiger partial charge in [-0.2, -0.15) is 0 Å². The molecule has 1 aromatic carbocycles. The summed E-state index contributed by atoms with van der Waals surface area (Å²) in [5, 5.41) is 0. The summed E-state index contributed by atoms with van der Waals surface area (Å²) < 4.78 is 2.23. The van der Waals surface area contributed by atoms with Gasteiger partial charge in [0.1, 0.15) is 5.82 Å². The molecule has 1 aliphatic rings. The van der Waals surface area contributed by atoms with Crippen LogP contribution in [0.2, 0.25) is 0 Å². The van der Waals surface area contributed by atoms with Gasteiger partial charge < -0.3 is 10.3 Å². The van der Waals surface area contributed by atoms with E-state index in [2.05, 4.69) is 73.4 Å². The summed E-state index contributed by atoms with van der Waals surface area (Å²) in [5.74, 6) is 1.02. The molecular weight excluding hydrogens is 322 g/mol. The van der Waals surface area contributed by atoms with Crippen LogP contribution in [0.15, 0.2) is 30.3 Å². The Hall–Kier alpha value is -1.69. The maximum absolute atomic E-state index is 6.25. The van der Waals surface area contributed by atoms with Crippen LogP contribution < -0.4 is 5.73 Å². The molecule has 0 amide bonds. The monoisotopic (exact) mass is 355 g/mol. The smallest absolute Gasteiger partial charge is 0.140 e. The van der Waals surface area contributed by atoms with E-state index in [1.807, 2.05) is 6.07 Å². The fraction of sp³-hybridized carbons (Fsp3) is 0.571. The summed E-state index contributed by atoms with van der Waals surface area (Å²) in [4.78, 5) is 9.96. The van der Waals surface area contributed by atoms with E-state index < -0.39 is 0 Å². The quantitative estimate of drug-likeness (QED) is 0.916. The third kappa shape index (κ3) is 3.70. The van der Waals surface area contributed by atoms with E-state index in [0.29, 0.717) is 6.54 Å². The highest BCUT2D eigenvalue weighted by atomic mass is 15.3. The van der Waals surface area contributed by atoms with Gasteiger partial charge in [0.25, 0.3) is 0 Å². The highest BCUT2D eigenvalue weighted by molar-refractivity contribution is 5.56. The summed E-state index contributed by atoms with van der Waals surface area (Å²) in [5.41, 5.74) is 9.95. The fourth-order valence-corrected chi connectivity index (χ4v) is 4.10. The Morgan fingerprint density at radius 3 is 2.23 bits per heavy atom. The van der Waals surface area contributed by atoms with Gasteiger partial charge in [0.15, 0.2) is 0 Å². The minimum Gasteiger partial charge on any atom is -0.329 e. The predicted octanol–water partition coefficient (Wildman–Crippen LogP) is 2.81. The van der Waals surface area contributed by atoms with E-state index in [4.69, 9.17) is 10.7 Å². The van der Waals surface area contributed by atoms with Crippen LogP contribution in [0, 0.1) is 6.92 Å². The Labute approximate surface area is 157 Å². The molecule has 1 unspecified atom stereocenters. The van der Waals surface area contributed by atoms with E-state index in [9.17, 15) is 0 Å². The number of nitrogens with zero attached hydrogens (tertiary/aromatic N) is 4. The second kappa shape index (κ2) is 7.51.